The van der Waals surface area contributed by atoms with E-state index in [1.54, 1.807) is 12.0 Å². The van der Waals surface area contributed by atoms with Crippen LogP contribution in [0, 0.1) is 5.92 Å². The van der Waals surface area contributed by atoms with Gasteiger partial charge in [-0.3, -0.25) is 9.59 Å². The van der Waals surface area contributed by atoms with E-state index in [0.717, 1.165) is 0 Å². The van der Waals surface area contributed by atoms with Gasteiger partial charge in [-0.15, -0.1) is 0 Å². The molecule has 1 aliphatic heterocycles. The summed E-state index contributed by atoms with van der Waals surface area (Å²) in [7, 11) is 1.58. The summed E-state index contributed by atoms with van der Waals surface area (Å²) in [4.78, 5) is 23.6. The Morgan fingerprint density at radius 3 is 2.92 bits per heavy atom. The zero-order valence-electron chi connectivity index (χ0n) is 7.66. The second-order valence-electron chi connectivity index (χ2n) is 3.14. The topological polar surface area (TPSA) is 72.6 Å². The van der Waals surface area contributed by atoms with Gasteiger partial charge in [0, 0.05) is 26.6 Å². The van der Waals surface area contributed by atoms with Gasteiger partial charge in [-0.25, -0.2) is 0 Å². The van der Waals surface area contributed by atoms with Gasteiger partial charge in [-0.1, -0.05) is 0 Å². The van der Waals surface area contributed by atoms with E-state index in [-0.39, 0.29) is 18.2 Å². The third-order valence-corrected chi connectivity index (χ3v) is 2.18. The minimum Gasteiger partial charge on any atom is -0.383 e. The summed E-state index contributed by atoms with van der Waals surface area (Å²) in [5.41, 5.74) is 5.10. The summed E-state index contributed by atoms with van der Waals surface area (Å²) in [5, 5.41) is 0. The number of hydrogen-bond acceptors (Lipinski definition) is 3. The normalized spacial score (nSPS) is 22.4. The van der Waals surface area contributed by atoms with Crippen molar-refractivity contribution in [2.24, 2.45) is 11.7 Å². The van der Waals surface area contributed by atoms with Crippen LogP contribution in [0.15, 0.2) is 0 Å². The molecule has 5 heteroatoms. The molecular formula is C8H14N2O3. The molecule has 0 saturated carbocycles. The molecule has 1 unspecified atom stereocenters. The first-order valence-electron chi connectivity index (χ1n) is 4.21. The van der Waals surface area contributed by atoms with Crippen molar-refractivity contribution < 1.29 is 14.3 Å². The van der Waals surface area contributed by atoms with Crippen molar-refractivity contribution >= 4 is 11.8 Å². The number of nitrogens with two attached hydrogens (primary N) is 1. The molecule has 0 aromatic carbocycles. The molecule has 1 atom stereocenters. The van der Waals surface area contributed by atoms with Gasteiger partial charge in [0.2, 0.25) is 11.8 Å². The quantitative estimate of drug-likeness (QED) is 0.610. The third-order valence-electron chi connectivity index (χ3n) is 2.18. The highest BCUT2D eigenvalue weighted by Crippen LogP contribution is 2.16. The van der Waals surface area contributed by atoms with E-state index in [1.807, 2.05) is 0 Å². The summed E-state index contributed by atoms with van der Waals surface area (Å²) >= 11 is 0. The van der Waals surface area contributed by atoms with Gasteiger partial charge in [0.25, 0.3) is 0 Å². The molecule has 2 N–H and O–H groups in total. The number of primary amides is 1. The van der Waals surface area contributed by atoms with Crippen LogP contribution in [0.2, 0.25) is 0 Å². The lowest BCUT2D eigenvalue weighted by atomic mass is 10.1. The maximum atomic E-state index is 11.3. The number of hydrogen-bond donors (Lipinski definition) is 1. The Labute approximate surface area is 76.8 Å². The van der Waals surface area contributed by atoms with Crippen LogP contribution in [0.1, 0.15) is 6.42 Å². The SMILES string of the molecule is COCCN1CC(C(N)=O)CC1=O. The Hall–Kier alpha value is -1.10. The second-order valence-corrected chi connectivity index (χ2v) is 3.14. The van der Waals surface area contributed by atoms with E-state index in [0.29, 0.717) is 19.7 Å². The molecule has 1 aliphatic rings. The fraction of sp³-hybridized carbons (Fsp3) is 0.750. The minimum atomic E-state index is -0.395. The maximum Gasteiger partial charge on any atom is 0.223 e. The van der Waals surface area contributed by atoms with Crippen LogP contribution >= 0.6 is 0 Å². The lowest BCUT2D eigenvalue weighted by molar-refractivity contribution is -0.128. The van der Waals surface area contributed by atoms with Crippen molar-refractivity contribution in [2.75, 3.05) is 26.8 Å². The van der Waals surface area contributed by atoms with E-state index in [4.69, 9.17) is 10.5 Å². The van der Waals surface area contributed by atoms with Crippen molar-refractivity contribution in [3.8, 4) is 0 Å². The van der Waals surface area contributed by atoms with Gasteiger partial charge in [0.1, 0.15) is 0 Å². The van der Waals surface area contributed by atoms with Crippen LogP contribution in [0.4, 0.5) is 0 Å². The molecule has 0 radical (unpaired) electrons. The van der Waals surface area contributed by atoms with Gasteiger partial charge < -0.3 is 15.4 Å². The molecule has 0 spiro atoms. The highest BCUT2D eigenvalue weighted by molar-refractivity contribution is 5.88. The number of rotatable bonds is 4. The number of likely N-dealkylation sites (tertiary alicyclic amines) is 1. The molecule has 0 bridgehead atoms. The van der Waals surface area contributed by atoms with Crippen molar-refractivity contribution in [1.29, 1.82) is 0 Å². The molecule has 13 heavy (non-hydrogen) atoms. The Bertz CT molecular complexity index is 217. The number of carbonyl (C=O) groups excluding carboxylic acids is 2. The molecule has 74 valence electrons. The monoisotopic (exact) mass is 186 g/mol. The molecule has 1 saturated heterocycles. The van der Waals surface area contributed by atoms with E-state index in [2.05, 4.69) is 0 Å². The molecule has 5 nitrogen and oxygen atoms in total. The minimum absolute atomic E-state index is 0.0131. The molecule has 1 fully saturated rings. The van der Waals surface area contributed by atoms with Gasteiger partial charge in [-0.2, -0.15) is 0 Å². The van der Waals surface area contributed by atoms with Crippen LogP contribution in [-0.4, -0.2) is 43.5 Å². The number of amides is 2. The average molecular weight is 186 g/mol. The third kappa shape index (κ3) is 2.42. The summed E-state index contributed by atoms with van der Waals surface area (Å²) < 4.78 is 4.84. The predicted molar refractivity (Wildman–Crippen MR) is 45.8 cm³/mol. The fourth-order valence-electron chi connectivity index (χ4n) is 1.38. The average Bonchev–Trinajstić information content (AvgIpc) is 2.44. The predicted octanol–water partition coefficient (Wildman–Crippen LogP) is -1.03. The molecular weight excluding hydrogens is 172 g/mol. The standard InChI is InChI=1S/C8H14N2O3/c1-13-3-2-10-5-6(8(9)12)4-7(10)11/h6H,2-5H2,1H3,(H2,9,12). The second kappa shape index (κ2) is 4.23. The van der Waals surface area contributed by atoms with Crippen LogP contribution in [-0.2, 0) is 14.3 Å². The smallest absolute Gasteiger partial charge is 0.223 e. The number of nitrogens with zero attached hydrogens (tertiary/aromatic N) is 1. The first-order valence-corrected chi connectivity index (χ1v) is 4.21. The first-order chi connectivity index (χ1) is 6.15. The molecule has 1 rings (SSSR count). The highest BCUT2D eigenvalue weighted by Gasteiger charge is 2.32. The lowest BCUT2D eigenvalue weighted by Gasteiger charge is -2.14. The van der Waals surface area contributed by atoms with E-state index in [1.165, 1.54) is 0 Å². The van der Waals surface area contributed by atoms with Crippen LogP contribution < -0.4 is 5.73 Å². The van der Waals surface area contributed by atoms with E-state index < -0.39 is 5.91 Å². The van der Waals surface area contributed by atoms with Crippen molar-refractivity contribution in [1.82, 2.24) is 4.90 Å². The number of ether oxygens (including phenoxy) is 1. The van der Waals surface area contributed by atoms with Crippen LogP contribution in [0.3, 0.4) is 0 Å². The Morgan fingerprint density at radius 1 is 1.77 bits per heavy atom. The Morgan fingerprint density at radius 2 is 2.46 bits per heavy atom. The van der Waals surface area contributed by atoms with E-state index in [9.17, 15) is 9.59 Å². The van der Waals surface area contributed by atoms with Crippen LogP contribution in [0.25, 0.3) is 0 Å². The summed E-state index contributed by atoms with van der Waals surface area (Å²) in [6.07, 6.45) is 0.249. The first kappa shape index (κ1) is 9.98. The van der Waals surface area contributed by atoms with Gasteiger partial charge in [0.15, 0.2) is 0 Å². The molecule has 2 amide bonds. The number of carbonyl (C=O) groups is 2. The van der Waals surface area contributed by atoms with Crippen molar-refractivity contribution in [2.45, 2.75) is 6.42 Å². The molecule has 1 heterocycles. The fourth-order valence-corrected chi connectivity index (χ4v) is 1.38. The van der Waals surface area contributed by atoms with Gasteiger partial charge >= 0.3 is 0 Å². The Balaban J connectivity index is 2.42. The van der Waals surface area contributed by atoms with Gasteiger partial charge in [-0.05, 0) is 0 Å². The van der Waals surface area contributed by atoms with Crippen LogP contribution in [0.5, 0.6) is 0 Å². The highest BCUT2D eigenvalue weighted by atomic mass is 16.5. The van der Waals surface area contributed by atoms with Crippen molar-refractivity contribution in [3.05, 3.63) is 0 Å². The maximum absolute atomic E-state index is 11.3. The molecule has 0 aromatic heterocycles. The molecule has 0 aromatic rings. The summed E-state index contributed by atoms with van der Waals surface area (Å²) in [5.74, 6) is -0.724. The van der Waals surface area contributed by atoms with Crippen molar-refractivity contribution in [3.63, 3.8) is 0 Å². The Kier molecular flexibility index (Phi) is 3.25. The largest absolute Gasteiger partial charge is 0.383 e. The molecule has 0 aliphatic carbocycles. The summed E-state index contributed by atoms with van der Waals surface area (Å²) in [6, 6.07) is 0. The number of methoxy groups -OCH3 is 1. The zero-order chi connectivity index (χ0) is 9.84. The van der Waals surface area contributed by atoms with Gasteiger partial charge in [0.05, 0.1) is 12.5 Å². The lowest BCUT2D eigenvalue weighted by Crippen LogP contribution is -2.31. The summed E-state index contributed by atoms with van der Waals surface area (Å²) in [6.45, 7) is 1.48. The zero-order valence-corrected chi connectivity index (χ0v) is 7.66. The van der Waals surface area contributed by atoms with E-state index >= 15 is 0 Å².